The number of oxime groups is 1. The van der Waals surface area contributed by atoms with E-state index in [-0.39, 0.29) is 22.4 Å². The molecule has 168 valence electrons. The van der Waals surface area contributed by atoms with Gasteiger partial charge < -0.3 is 14.3 Å². The number of hydrogen-bond donors (Lipinski definition) is 1. The van der Waals surface area contributed by atoms with Gasteiger partial charge in [-0.25, -0.2) is 23.4 Å². The largest absolute Gasteiger partial charge is 0.481 e. The molecule has 1 aliphatic rings. The molecule has 1 saturated heterocycles. The van der Waals surface area contributed by atoms with Gasteiger partial charge in [-0.3, -0.25) is 10.1 Å². The summed E-state index contributed by atoms with van der Waals surface area (Å²) in [5.41, 5.74) is 0.812. The van der Waals surface area contributed by atoms with Gasteiger partial charge in [0.15, 0.2) is 31.8 Å². The molecule has 0 bridgehead atoms. The van der Waals surface area contributed by atoms with Gasteiger partial charge >= 0.3 is 0 Å². The number of hydrogen-bond acceptors (Lipinski definition) is 11. The molecule has 32 heavy (non-hydrogen) atoms. The summed E-state index contributed by atoms with van der Waals surface area (Å²) in [7, 11) is -1.97. The number of methoxy groups -OCH3 is 1. The van der Waals surface area contributed by atoms with Crippen molar-refractivity contribution in [1.82, 2.24) is 15.0 Å². The van der Waals surface area contributed by atoms with Gasteiger partial charge in [-0.2, -0.15) is 0 Å². The molecule has 0 unspecified atom stereocenters. The molecule has 4 rings (SSSR count). The number of nitrogens with one attached hydrogen (secondary N) is 1. The van der Waals surface area contributed by atoms with E-state index in [0.29, 0.717) is 41.0 Å². The quantitative estimate of drug-likeness (QED) is 0.397. The molecule has 11 nitrogen and oxygen atoms in total. The highest BCUT2D eigenvalue weighted by atomic mass is 32.2. The zero-order chi connectivity index (χ0) is 22.7. The fourth-order valence-electron chi connectivity index (χ4n) is 2.81. The van der Waals surface area contributed by atoms with Crippen LogP contribution in [0.15, 0.2) is 40.6 Å². The molecule has 0 radical (unpaired) electrons. The van der Waals surface area contributed by atoms with Crippen molar-refractivity contribution in [2.24, 2.45) is 5.16 Å². The fraction of sp³-hybridized carbons (Fsp3) is 0.316. The Bertz CT molecular complexity index is 1270. The summed E-state index contributed by atoms with van der Waals surface area (Å²) in [4.78, 5) is 31.7. The smallest absolute Gasteiger partial charge is 0.280 e. The second kappa shape index (κ2) is 9.14. The number of carbonyl (C=O) groups is 1. The van der Waals surface area contributed by atoms with Crippen LogP contribution < -0.4 is 10.1 Å². The normalized spacial score (nSPS) is 16.8. The summed E-state index contributed by atoms with van der Waals surface area (Å²) in [6, 6.07) is 6.16. The van der Waals surface area contributed by atoms with Crippen LogP contribution in [0.25, 0.3) is 10.3 Å². The second-order valence-electron chi connectivity index (χ2n) is 6.84. The maximum Gasteiger partial charge on any atom is 0.280 e. The maximum absolute atomic E-state index is 13.0. The molecule has 4 heterocycles. The molecule has 0 aromatic carbocycles. The van der Waals surface area contributed by atoms with Gasteiger partial charge in [-0.05, 0) is 18.2 Å². The van der Waals surface area contributed by atoms with Gasteiger partial charge in [0.25, 0.3) is 5.91 Å². The number of thiazole rings is 1. The van der Waals surface area contributed by atoms with Gasteiger partial charge in [0, 0.05) is 30.5 Å². The lowest BCUT2D eigenvalue weighted by Crippen LogP contribution is -2.25. The highest BCUT2D eigenvalue weighted by Crippen LogP contribution is 2.26. The van der Waals surface area contributed by atoms with Gasteiger partial charge in [-0.1, -0.05) is 16.5 Å². The van der Waals surface area contributed by atoms with Gasteiger partial charge in [0.1, 0.15) is 10.3 Å². The Morgan fingerprint density at radius 3 is 2.78 bits per heavy atom. The minimum Gasteiger partial charge on any atom is -0.481 e. The summed E-state index contributed by atoms with van der Waals surface area (Å²) in [6.45, 7) is 0.920. The van der Waals surface area contributed by atoms with E-state index in [1.807, 2.05) is 0 Å². The topological polar surface area (TPSA) is 142 Å². The number of fused-ring (bicyclic) bond motifs is 1. The second-order valence-corrected chi connectivity index (χ2v) is 9.78. The van der Waals surface area contributed by atoms with Crippen molar-refractivity contribution < 1.29 is 27.5 Å². The van der Waals surface area contributed by atoms with Gasteiger partial charge in [-0.15, -0.1) is 0 Å². The molecule has 1 amide bonds. The average molecular weight is 478 g/mol. The number of anilines is 1. The summed E-state index contributed by atoms with van der Waals surface area (Å²) >= 11 is 1.17. The molecule has 1 atom stereocenters. The van der Waals surface area contributed by atoms with Crippen molar-refractivity contribution in [2.45, 2.75) is 17.6 Å². The fourth-order valence-corrected chi connectivity index (χ4v) is 4.20. The van der Waals surface area contributed by atoms with Crippen LogP contribution >= 0.6 is 11.3 Å². The van der Waals surface area contributed by atoms with E-state index >= 15 is 0 Å². The lowest BCUT2D eigenvalue weighted by molar-refractivity contribution is -0.110. The summed E-state index contributed by atoms with van der Waals surface area (Å²) in [5.74, 6) is -0.158. The van der Waals surface area contributed by atoms with Crippen molar-refractivity contribution in [3.8, 4) is 5.88 Å². The molecular weight excluding hydrogens is 458 g/mol. The predicted octanol–water partition coefficient (Wildman–Crippen LogP) is 1.65. The molecule has 0 spiro atoms. The van der Waals surface area contributed by atoms with Crippen molar-refractivity contribution in [1.29, 1.82) is 0 Å². The zero-order valence-corrected chi connectivity index (χ0v) is 18.8. The van der Waals surface area contributed by atoms with E-state index in [4.69, 9.17) is 14.3 Å². The first-order chi connectivity index (χ1) is 15.3. The number of ether oxygens (including phenoxy) is 2. The van der Waals surface area contributed by atoms with Gasteiger partial charge in [0.2, 0.25) is 5.88 Å². The molecule has 3 aromatic heterocycles. The first-order valence-corrected chi connectivity index (χ1v) is 12.2. The minimum absolute atomic E-state index is 0.0748. The van der Waals surface area contributed by atoms with E-state index in [1.165, 1.54) is 36.8 Å². The van der Waals surface area contributed by atoms with Crippen LogP contribution in [-0.2, 0) is 24.2 Å². The average Bonchev–Trinajstić information content (AvgIpc) is 3.42. The third kappa shape index (κ3) is 5.00. The lowest BCUT2D eigenvalue weighted by atomic mass is 10.1. The zero-order valence-electron chi connectivity index (χ0n) is 17.1. The number of nitrogens with zero attached hydrogens (tertiary/aromatic N) is 4. The molecule has 1 aliphatic heterocycles. The van der Waals surface area contributed by atoms with Crippen LogP contribution in [0.3, 0.4) is 0 Å². The number of aromatic nitrogens is 3. The Hall–Kier alpha value is -3.16. The standard InChI is InChI=1S/C19H19N5O6S2/c1-28-14-5-4-13-18(22-14)31-19(21-13)23-17(25)16(24-30-12-7-8-29-10-12)11-3-6-15(20-9-11)32(2,26)27/h3-6,9,12H,7-8,10H2,1-2H3,(H,21,23,25)/t12-/m1/s1. The number of pyridine rings is 2. The summed E-state index contributed by atoms with van der Waals surface area (Å²) < 4.78 is 33.7. The number of sulfone groups is 1. The molecule has 1 fully saturated rings. The van der Waals surface area contributed by atoms with Crippen molar-refractivity contribution >= 4 is 48.3 Å². The number of carbonyl (C=O) groups excluding carboxylic acids is 1. The van der Waals surface area contributed by atoms with Gasteiger partial charge in [0.05, 0.1) is 20.3 Å². The van der Waals surface area contributed by atoms with E-state index < -0.39 is 15.7 Å². The summed E-state index contributed by atoms with van der Waals surface area (Å²) in [5, 5.41) is 6.90. The minimum atomic E-state index is -3.48. The molecular formula is C19H19N5O6S2. The lowest BCUT2D eigenvalue weighted by Gasteiger charge is -2.09. The molecule has 0 saturated carbocycles. The van der Waals surface area contributed by atoms with Crippen LogP contribution in [-0.4, -0.2) is 67.7 Å². The molecule has 0 aliphatic carbocycles. The third-order valence-electron chi connectivity index (χ3n) is 4.45. The van der Waals surface area contributed by atoms with Crippen LogP contribution in [0, 0.1) is 0 Å². The first-order valence-electron chi connectivity index (χ1n) is 9.44. The Balaban J connectivity index is 1.61. The van der Waals surface area contributed by atoms with Crippen LogP contribution in [0.2, 0.25) is 0 Å². The summed E-state index contributed by atoms with van der Waals surface area (Å²) in [6.07, 6.45) is 2.68. The Morgan fingerprint density at radius 1 is 1.28 bits per heavy atom. The van der Waals surface area contributed by atoms with Crippen LogP contribution in [0.4, 0.5) is 5.13 Å². The predicted molar refractivity (Wildman–Crippen MR) is 117 cm³/mol. The highest BCUT2D eigenvalue weighted by Gasteiger charge is 2.22. The Morgan fingerprint density at radius 2 is 2.12 bits per heavy atom. The third-order valence-corrected chi connectivity index (χ3v) is 6.33. The maximum atomic E-state index is 13.0. The SMILES string of the molecule is COc1ccc2nc(NC(=O)C(=NO[C@@H]3CCOC3)c3ccc(S(C)(=O)=O)nc3)sc2n1. The van der Waals surface area contributed by atoms with E-state index in [2.05, 4.69) is 25.4 Å². The van der Waals surface area contributed by atoms with Crippen LogP contribution in [0.5, 0.6) is 5.88 Å². The van der Waals surface area contributed by atoms with E-state index in [9.17, 15) is 13.2 Å². The Labute approximate surface area is 187 Å². The van der Waals surface area contributed by atoms with Crippen molar-refractivity contribution in [3.63, 3.8) is 0 Å². The van der Waals surface area contributed by atoms with Crippen molar-refractivity contribution in [3.05, 3.63) is 36.0 Å². The van der Waals surface area contributed by atoms with Crippen LogP contribution in [0.1, 0.15) is 12.0 Å². The molecule has 3 aromatic rings. The van der Waals surface area contributed by atoms with E-state index in [1.54, 1.807) is 12.1 Å². The van der Waals surface area contributed by atoms with E-state index in [0.717, 1.165) is 6.26 Å². The van der Waals surface area contributed by atoms with Crippen molar-refractivity contribution in [2.75, 3.05) is 31.9 Å². The Kier molecular flexibility index (Phi) is 6.30. The highest BCUT2D eigenvalue weighted by molar-refractivity contribution is 7.90. The first kappa shape index (κ1) is 22.0. The molecule has 1 N–H and O–H groups in total. The number of amides is 1. The number of rotatable bonds is 7. The monoisotopic (exact) mass is 477 g/mol. The molecule has 13 heteroatoms.